The number of carbonyl (C=O) groups excluding carboxylic acids is 1. The van der Waals surface area contributed by atoms with E-state index in [-0.39, 0.29) is 23.8 Å². The number of likely N-dealkylation sites (tertiary alicyclic amines) is 1. The zero-order valence-corrected chi connectivity index (χ0v) is 14.8. The van der Waals surface area contributed by atoms with E-state index in [0.29, 0.717) is 5.91 Å². The molecule has 1 saturated heterocycles. The standard InChI is InChI=1S/C20H25FN4O/c21-16-7-5-14(6-8-16)18(19-22-10-11-23-19)24-17-9-12-25(13-17)20(26)15-3-1-2-4-15/h5-8,10-11,15,17-18,24H,1-4,9,12-13H2,(H,22,23). The van der Waals surface area contributed by atoms with Gasteiger partial charge >= 0.3 is 0 Å². The molecule has 1 saturated carbocycles. The van der Waals surface area contributed by atoms with Crippen LogP contribution >= 0.6 is 0 Å². The van der Waals surface area contributed by atoms with Gasteiger partial charge in [-0.2, -0.15) is 0 Å². The van der Waals surface area contributed by atoms with E-state index in [1.165, 1.54) is 25.0 Å². The molecule has 2 fully saturated rings. The summed E-state index contributed by atoms with van der Waals surface area (Å²) in [7, 11) is 0. The van der Waals surface area contributed by atoms with Crippen LogP contribution in [0.1, 0.15) is 49.5 Å². The lowest BCUT2D eigenvalue weighted by molar-refractivity contribution is -0.134. The normalized spacial score (nSPS) is 22.0. The second-order valence-electron chi connectivity index (χ2n) is 7.38. The summed E-state index contributed by atoms with van der Waals surface area (Å²) in [4.78, 5) is 22.2. The largest absolute Gasteiger partial charge is 0.347 e. The van der Waals surface area contributed by atoms with Crippen LogP contribution < -0.4 is 5.32 Å². The zero-order chi connectivity index (χ0) is 17.9. The third-order valence-electron chi connectivity index (χ3n) is 5.60. The predicted octanol–water partition coefficient (Wildman–Crippen LogP) is 3.02. The number of amides is 1. The fraction of sp³-hybridized carbons (Fsp3) is 0.500. The van der Waals surface area contributed by atoms with Crippen LogP contribution in [0.15, 0.2) is 36.7 Å². The van der Waals surface area contributed by atoms with Crippen molar-refractivity contribution in [1.82, 2.24) is 20.2 Å². The molecule has 6 heteroatoms. The van der Waals surface area contributed by atoms with Crippen molar-refractivity contribution in [3.8, 4) is 0 Å². The van der Waals surface area contributed by atoms with Crippen molar-refractivity contribution < 1.29 is 9.18 Å². The van der Waals surface area contributed by atoms with Gasteiger partial charge in [-0.3, -0.25) is 10.1 Å². The Balaban J connectivity index is 1.45. The van der Waals surface area contributed by atoms with E-state index in [1.54, 1.807) is 24.5 Å². The second-order valence-corrected chi connectivity index (χ2v) is 7.38. The van der Waals surface area contributed by atoms with Gasteiger partial charge in [0.15, 0.2) is 0 Å². The average Bonchev–Trinajstić information content (AvgIpc) is 3.42. The fourth-order valence-corrected chi connectivity index (χ4v) is 4.19. The Hall–Kier alpha value is -2.21. The predicted molar refractivity (Wildman–Crippen MR) is 96.9 cm³/mol. The summed E-state index contributed by atoms with van der Waals surface area (Å²) in [6.07, 6.45) is 8.87. The molecule has 5 nitrogen and oxygen atoms in total. The molecular formula is C20H25FN4O. The maximum atomic E-state index is 13.3. The molecule has 1 aliphatic carbocycles. The van der Waals surface area contributed by atoms with Crippen molar-refractivity contribution in [2.45, 2.75) is 44.2 Å². The second kappa shape index (κ2) is 7.58. The molecule has 2 N–H and O–H groups in total. The van der Waals surface area contributed by atoms with Gasteiger partial charge in [-0.15, -0.1) is 0 Å². The smallest absolute Gasteiger partial charge is 0.225 e. The van der Waals surface area contributed by atoms with Crippen LogP contribution in [0.2, 0.25) is 0 Å². The maximum absolute atomic E-state index is 13.3. The van der Waals surface area contributed by atoms with Gasteiger partial charge in [0, 0.05) is 37.4 Å². The molecule has 1 aliphatic heterocycles. The van der Waals surface area contributed by atoms with Crippen LogP contribution in [0.4, 0.5) is 4.39 Å². The molecule has 2 aliphatic rings. The van der Waals surface area contributed by atoms with E-state index in [4.69, 9.17) is 0 Å². The highest BCUT2D eigenvalue weighted by Crippen LogP contribution is 2.28. The summed E-state index contributed by atoms with van der Waals surface area (Å²) in [5.41, 5.74) is 0.960. The van der Waals surface area contributed by atoms with Gasteiger partial charge in [-0.1, -0.05) is 25.0 Å². The average molecular weight is 356 g/mol. The molecule has 0 bridgehead atoms. The molecule has 0 spiro atoms. The van der Waals surface area contributed by atoms with Gasteiger partial charge in [-0.05, 0) is 37.0 Å². The van der Waals surface area contributed by atoms with E-state index < -0.39 is 0 Å². The van der Waals surface area contributed by atoms with Crippen molar-refractivity contribution >= 4 is 5.91 Å². The number of rotatable bonds is 5. The highest BCUT2D eigenvalue weighted by Gasteiger charge is 2.33. The first-order valence-corrected chi connectivity index (χ1v) is 9.50. The minimum Gasteiger partial charge on any atom is -0.347 e. The lowest BCUT2D eigenvalue weighted by Crippen LogP contribution is -2.39. The van der Waals surface area contributed by atoms with Crippen LogP contribution in [-0.2, 0) is 4.79 Å². The van der Waals surface area contributed by atoms with Gasteiger partial charge < -0.3 is 9.88 Å². The lowest BCUT2D eigenvalue weighted by Gasteiger charge is -2.24. The Kier molecular flexibility index (Phi) is 5.02. The Morgan fingerprint density at radius 2 is 2.00 bits per heavy atom. The third-order valence-corrected chi connectivity index (χ3v) is 5.60. The number of H-pyrrole nitrogens is 1. The van der Waals surface area contributed by atoms with Gasteiger partial charge in [0.1, 0.15) is 11.6 Å². The van der Waals surface area contributed by atoms with Crippen LogP contribution in [0.25, 0.3) is 0 Å². The first-order chi connectivity index (χ1) is 12.7. The monoisotopic (exact) mass is 356 g/mol. The number of aromatic amines is 1. The molecule has 4 rings (SSSR count). The molecule has 2 heterocycles. The number of nitrogens with zero attached hydrogens (tertiary/aromatic N) is 2. The highest BCUT2D eigenvalue weighted by atomic mass is 19.1. The molecule has 2 aromatic rings. The van der Waals surface area contributed by atoms with Crippen LogP contribution in [-0.4, -0.2) is 39.9 Å². The van der Waals surface area contributed by atoms with Crippen LogP contribution in [0.3, 0.4) is 0 Å². The van der Waals surface area contributed by atoms with Crippen molar-refractivity contribution in [1.29, 1.82) is 0 Å². The van der Waals surface area contributed by atoms with E-state index in [9.17, 15) is 9.18 Å². The maximum Gasteiger partial charge on any atom is 0.225 e. The molecule has 1 aromatic heterocycles. The quantitative estimate of drug-likeness (QED) is 0.866. The number of benzene rings is 1. The molecule has 2 unspecified atom stereocenters. The minimum absolute atomic E-state index is 0.142. The number of halogens is 1. The van der Waals surface area contributed by atoms with Crippen molar-refractivity contribution in [2.75, 3.05) is 13.1 Å². The van der Waals surface area contributed by atoms with E-state index in [0.717, 1.165) is 43.7 Å². The summed E-state index contributed by atoms with van der Waals surface area (Å²) >= 11 is 0. The SMILES string of the molecule is O=C(C1CCCC1)N1CCC(NC(c2ccc(F)cc2)c2ncc[nH]2)C1. The van der Waals surface area contributed by atoms with Crippen molar-refractivity contribution in [3.63, 3.8) is 0 Å². The topological polar surface area (TPSA) is 61.0 Å². The molecule has 1 aromatic carbocycles. The summed E-state index contributed by atoms with van der Waals surface area (Å²) in [5.74, 6) is 1.10. The van der Waals surface area contributed by atoms with Gasteiger partial charge in [0.05, 0.1) is 6.04 Å². The molecular weight excluding hydrogens is 331 g/mol. The fourth-order valence-electron chi connectivity index (χ4n) is 4.19. The Bertz CT molecular complexity index is 725. The number of hydrogen-bond acceptors (Lipinski definition) is 3. The van der Waals surface area contributed by atoms with E-state index >= 15 is 0 Å². The number of aromatic nitrogens is 2. The van der Waals surface area contributed by atoms with Gasteiger partial charge in [0.25, 0.3) is 0 Å². The molecule has 26 heavy (non-hydrogen) atoms. The Morgan fingerprint density at radius 3 is 2.69 bits per heavy atom. The summed E-state index contributed by atoms with van der Waals surface area (Å²) < 4.78 is 13.3. The first-order valence-electron chi connectivity index (χ1n) is 9.50. The first kappa shape index (κ1) is 17.2. The van der Waals surface area contributed by atoms with Crippen molar-refractivity contribution in [3.05, 3.63) is 53.9 Å². The molecule has 0 radical (unpaired) electrons. The summed E-state index contributed by atoms with van der Waals surface area (Å²) in [5, 5.41) is 3.62. The van der Waals surface area contributed by atoms with Crippen LogP contribution in [0, 0.1) is 11.7 Å². The Labute approximate surface area is 153 Å². The number of nitrogens with one attached hydrogen (secondary N) is 2. The number of carbonyl (C=O) groups is 1. The van der Waals surface area contributed by atoms with Gasteiger partial charge in [0.2, 0.25) is 5.91 Å². The van der Waals surface area contributed by atoms with Crippen molar-refractivity contribution in [2.24, 2.45) is 5.92 Å². The molecule has 138 valence electrons. The minimum atomic E-state index is -0.249. The van der Waals surface area contributed by atoms with Gasteiger partial charge in [-0.25, -0.2) is 9.37 Å². The van der Waals surface area contributed by atoms with E-state index in [1.807, 2.05) is 4.90 Å². The van der Waals surface area contributed by atoms with Crippen LogP contribution in [0.5, 0.6) is 0 Å². The number of imidazole rings is 1. The Morgan fingerprint density at radius 1 is 1.23 bits per heavy atom. The zero-order valence-electron chi connectivity index (χ0n) is 14.8. The summed E-state index contributed by atoms with van der Waals surface area (Å²) in [6.45, 7) is 1.54. The third kappa shape index (κ3) is 3.65. The summed E-state index contributed by atoms with van der Waals surface area (Å²) in [6, 6.07) is 6.57. The lowest BCUT2D eigenvalue weighted by atomic mass is 10.0. The highest BCUT2D eigenvalue weighted by molar-refractivity contribution is 5.79. The molecule has 2 atom stereocenters. The number of hydrogen-bond donors (Lipinski definition) is 2. The molecule has 1 amide bonds. The van der Waals surface area contributed by atoms with E-state index in [2.05, 4.69) is 15.3 Å².